The topological polar surface area (TPSA) is 189 Å². The molecule has 0 rings (SSSR count). The molecule has 0 unspecified atom stereocenters. The lowest BCUT2D eigenvalue weighted by molar-refractivity contribution is -0.144. The summed E-state index contributed by atoms with van der Waals surface area (Å²) >= 11 is 0. The summed E-state index contributed by atoms with van der Waals surface area (Å²) in [6.07, 6.45) is 2.58. The van der Waals surface area contributed by atoms with Gasteiger partial charge in [0.2, 0.25) is 5.91 Å². The van der Waals surface area contributed by atoms with Gasteiger partial charge in [-0.3, -0.25) is 19.4 Å². The number of nitrogens with one attached hydrogen (secondary N) is 1. The van der Waals surface area contributed by atoms with E-state index in [0.29, 0.717) is 123 Å². The Labute approximate surface area is 316 Å². The number of carbonyl (C=O) groups is 2. The molecular formula is C35H75N3O12Si2. The highest BCUT2D eigenvalue weighted by Crippen LogP contribution is 2.37. The first-order valence-electron chi connectivity index (χ1n) is 19.6. The molecule has 17 heteroatoms. The highest BCUT2D eigenvalue weighted by molar-refractivity contribution is 6.61. The van der Waals surface area contributed by atoms with Crippen LogP contribution in [-0.4, -0.2) is 171 Å². The van der Waals surface area contributed by atoms with Crippen LogP contribution in [0.1, 0.15) is 86.5 Å². The van der Waals surface area contributed by atoms with Crippen molar-refractivity contribution in [3.63, 3.8) is 0 Å². The highest BCUT2D eigenvalue weighted by Gasteiger charge is 2.48. The largest absolute Gasteiger partial charge is 0.500 e. The fourth-order valence-electron chi connectivity index (χ4n) is 6.59. The van der Waals surface area contributed by atoms with E-state index >= 15 is 0 Å². The van der Waals surface area contributed by atoms with Gasteiger partial charge in [0.25, 0.3) is 0 Å². The first-order chi connectivity index (χ1) is 25.1. The van der Waals surface area contributed by atoms with Crippen LogP contribution in [0.25, 0.3) is 0 Å². The molecule has 52 heavy (non-hydrogen) atoms. The molecular weight excluding hydrogens is 711 g/mol. The van der Waals surface area contributed by atoms with E-state index in [0.717, 1.165) is 0 Å². The molecule has 0 heterocycles. The van der Waals surface area contributed by atoms with Gasteiger partial charge < -0.3 is 52.3 Å². The third-order valence-corrected chi connectivity index (χ3v) is 15.1. The second-order valence-corrected chi connectivity index (χ2v) is 17.9. The van der Waals surface area contributed by atoms with E-state index in [1.54, 1.807) is 0 Å². The van der Waals surface area contributed by atoms with Crippen molar-refractivity contribution < 1.29 is 56.6 Å². The summed E-state index contributed by atoms with van der Waals surface area (Å²) in [6.45, 7) is 16.6. The zero-order chi connectivity index (χ0) is 39.1. The molecule has 1 amide bonds. The molecule has 0 aliphatic heterocycles. The number of Topliss-reactive ketones (excluding diaryl/α,β-unsaturated/α-hetero) is 1. The van der Waals surface area contributed by atoms with Gasteiger partial charge in [-0.15, -0.1) is 0 Å². The molecule has 310 valence electrons. The van der Waals surface area contributed by atoms with Crippen molar-refractivity contribution in [2.24, 2.45) is 5.41 Å². The monoisotopic (exact) mass is 785 g/mol. The van der Waals surface area contributed by atoms with Crippen molar-refractivity contribution in [1.29, 1.82) is 0 Å². The molecule has 0 radical (unpaired) electrons. The summed E-state index contributed by atoms with van der Waals surface area (Å²) in [4.78, 5) is 32.9. The van der Waals surface area contributed by atoms with Gasteiger partial charge in [0.1, 0.15) is 11.2 Å². The first-order valence-corrected chi connectivity index (χ1v) is 23.5. The lowest BCUT2D eigenvalue weighted by Gasteiger charge is -2.35. The molecule has 15 nitrogen and oxygen atoms in total. The van der Waals surface area contributed by atoms with Gasteiger partial charge in [-0.1, -0.05) is 0 Å². The van der Waals surface area contributed by atoms with E-state index in [9.17, 15) is 30.0 Å². The number of aliphatic hydroxyl groups is 4. The maximum atomic E-state index is 14.6. The second-order valence-electron chi connectivity index (χ2n) is 12.5. The van der Waals surface area contributed by atoms with Crippen molar-refractivity contribution in [3.05, 3.63) is 0 Å². The van der Waals surface area contributed by atoms with Gasteiger partial charge in [0.05, 0.1) is 26.4 Å². The maximum Gasteiger partial charge on any atom is 0.500 e. The number of carbonyl (C=O) groups excluding carboxylic acids is 2. The first kappa shape index (κ1) is 51.1. The van der Waals surface area contributed by atoms with Crippen LogP contribution in [0.4, 0.5) is 0 Å². The average molecular weight is 786 g/mol. The zero-order valence-electron chi connectivity index (χ0n) is 33.3. The standard InChI is InChI=1S/C35H75N3O12Si2/c1-7-45-51(46-8-2,47-9-3)31-14-18-35(33(43)17-13-21-37(23-27-39)24-28-40,19-15-32-52(48-10-4,49-11-5)50-12-6)34(44)36-20-16-22-38(25-29-41)26-30-42/h39-42H,7-32H2,1-6H3,(H,36,44). The molecule has 0 atom stereocenters. The van der Waals surface area contributed by atoms with Crippen LogP contribution in [0.5, 0.6) is 0 Å². The minimum atomic E-state index is -3.07. The molecule has 0 saturated heterocycles. The molecule has 0 aromatic heterocycles. The lowest BCUT2D eigenvalue weighted by atomic mass is 9.73. The number of ketones is 1. The quantitative estimate of drug-likeness (QED) is 0.0348. The minimum Gasteiger partial charge on any atom is -0.395 e. The number of nitrogens with zero attached hydrogens (tertiary/aromatic N) is 2. The predicted octanol–water partition coefficient (Wildman–Crippen LogP) is 2.06. The van der Waals surface area contributed by atoms with E-state index in [2.05, 4.69) is 5.32 Å². The van der Waals surface area contributed by atoms with Crippen molar-refractivity contribution >= 4 is 29.3 Å². The van der Waals surface area contributed by atoms with Crippen molar-refractivity contribution in [3.8, 4) is 0 Å². The van der Waals surface area contributed by atoms with Crippen LogP contribution in [0.2, 0.25) is 12.1 Å². The Bertz CT molecular complexity index is 818. The van der Waals surface area contributed by atoms with Crippen LogP contribution in [0.3, 0.4) is 0 Å². The Kier molecular flexibility index (Phi) is 30.8. The molecule has 0 bridgehead atoms. The summed E-state index contributed by atoms with van der Waals surface area (Å²) in [5, 5.41) is 40.9. The van der Waals surface area contributed by atoms with Gasteiger partial charge in [-0.25, -0.2) is 0 Å². The highest BCUT2D eigenvalue weighted by atomic mass is 28.4. The van der Waals surface area contributed by atoms with Crippen molar-refractivity contribution in [2.45, 2.75) is 98.6 Å². The second kappa shape index (κ2) is 31.3. The van der Waals surface area contributed by atoms with Crippen LogP contribution in [-0.2, 0) is 36.1 Å². The van der Waals surface area contributed by atoms with Crippen LogP contribution >= 0.6 is 0 Å². The Morgan fingerprint density at radius 3 is 1.21 bits per heavy atom. The number of amides is 1. The minimum absolute atomic E-state index is 0.0376. The number of hydrogen-bond donors (Lipinski definition) is 5. The molecule has 0 aliphatic rings. The van der Waals surface area contributed by atoms with Gasteiger partial charge in [0, 0.05) is 90.9 Å². The van der Waals surface area contributed by atoms with E-state index < -0.39 is 23.0 Å². The van der Waals surface area contributed by atoms with Crippen LogP contribution in [0.15, 0.2) is 0 Å². The SMILES string of the molecule is CCO[Si](CCCC(CCC[Si](OCC)(OCC)OCC)(C(=O)CCCN(CCO)CCO)C(=O)NCCCN(CCO)CCO)(OCC)OCC. The molecule has 0 spiro atoms. The molecule has 5 N–H and O–H groups in total. The zero-order valence-corrected chi connectivity index (χ0v) is 35.3. The molecule has 0 saturated carbocycles. The third kappa shape index (κ3) is 19.6. The van der Waals surface area contributed by atoms with E-state index in [-0.39, 0.29) is 57.4 Å². The van der Waals surface area contributed by atoms with Crippen molar-refractivity contribution in [2.75, 3.05) is 112 Å². The lowest BCUT2D eigenvalue weighted by Crippen LogP contribution is -2.50. The summed E-state index contributed by atoms with van der Waals surface area (Å²) in [7, 11) is -6.15. The predicted molar refractivity (Wildman–Crippen MR) is 205 cm³/mol. The number of hydrogen-bond acceptors (Lipinski definition) is 14. The van der Waals surface area contributed by atoms with Crippen LogP contribution in [0, 0.1) is 5.41 Å². The summed E-state index contributed by atoms with van der Waals surface area (Å²) in [6, 6.07) is 0.886. The molecule has 0 aromatic carbocycles. The van der Waals surface area contributed by atoms with Gasteiger partial charge in [-0.05, 0) is 93.2 Å². The van der Waals surface area contributed by atoms with Gasteiger partial charge in [0.15, 0.2) is 0 Å². The Morgan fingerprint density at radius 1 is 0.538 bits per heavy atom. The van der Waals surface area contributed by atoms with Crippen LogP contribution < -0.4 is 5.32 Å². The summed E-state index contributed by atoms with van der Waals surface area (Å²) in [5.41, 5.74) is -1.38. The Balaban J connectivity index is 6.64. The Hall–Kier alpha value is -0.906. The van der Waals surface area contributed by atoms with E-state index in [4.69, 9.17) is 26.6 Å². The molecule has 0 aromatic rings. The van der Waals surface area contributed by atoms with Gasteiger partial charge >= 0.3 is 17.6 Å². The van der Waals surface area contributed by atoms with E-state index in [1.165, 1.54) is 0 Å². The maximum absolute atomic E-state index is 14.6. The Morgan fingerprint density at radius 2 is 0.885 bits per heavy atom. The van der Waals surface area contributed by atoms with E-state index in [1.807, 2.05) is 51.3 Å². The fraction of sp³-hybridized carbons (Fsp3) is 0.943. The van der Waals surface area contributed by atoms with Crippen molar-refractivity contribution in [1.82, 2.24) is 15.1 Å². The normalized spacial score (nSPS) is 12.7. The third-order valence-electron chi connectivity index (χ3n) is 8.81. The molecule has 0 aliphatic carbocycles. The molecule has 0 fully saturated rings. The summed E-state index contributed by atoms with van der Waals surface area (Å²) < 4.78 is 36.7. The number of aliphatic hydroxyl groups excluding tert-OH is 4. The van der Waals surface area contributed by atoms with Gasteiger partial charge in [-0.2, -0.15) is 0 Å². The smallest absolute Gasteiger partial charge is 0.395 e. The summed E-state index contributed by atoms with van der Waals surface area (Å²) in [5.74, 6) is -0.517. The number of rotatable bonds is 38. The average Bonchev–Trinajstić information content (AvgIpc) is 3.10. The fourth-order valence-corrected chi connectivity index (χ4v) is 11.8.